The molecule has 2 aromatic heterocycles. The van der Waals surface area contributed by atoms with Crippen molar-refractivity contribution in [2.24, 2.45) is 0 Å². The van der Waals surface area contributed by atoms with Gasteiger partial charge in [-0.1, -0.05) is 0 Å². The summed E-state index contributed by atoms with van der Waals surface area (Å²) in [6, 6.07) is 6.59. The van der Waals surface area contributed by atoms with Gasteiger partial charge in [0, 0.05) is 25.5 Å². The molecule has 0 aromatic carbocycles. The smallest absolute Gasteiger partial charge is 0.311 e. The maximum Gasteiger partial charge on any atom is 0.311 e. The van der Waals surface area contributed by atoms with E-state index in [4.69, 9.17) is 0 Å². The van der Waals surface area contributed by atoms with E-state index in [1.165, 1.54) is 6.07 Å². The first kappa shape index (κ1) is 13.7. The van der Waals surface area contributed by atoms with E-state index in [9.17, 15) is 10.1 Å². The summed E-state index contributed by atoms with van der Waals surface area (Å²) < 4.78 is 0. The Balaban J connectivity index is 2.29. The van der Waals surface area contributed by atoms with E-state index in [0.29, 0.717) is 5.82 Å². The highest BCUT2D eigenvalue weighted by atomic mass is 16.6. The normalized spacial score (nSPS) is 11.7. The number of aromatic nitrogens is 2. The lowest BCUT2D eigenvalue weighted by Gasteiger charge is -2.15. The predicted octanol–water partition coefficient (Wildman–Crippen LogP) is 2.60. The topological polar surface area (TPSA) is 93.0 Å². The van der Waals surface area contributed by atoms with E-state index in [1.807, 2.05) is 19.1 Å². The molecule has 0 aliphatic heterocycles. The van der Waals surface area contributed by atoms with Crippen LogP contribution in [0.1, 0.15) is 18.5 Å². The van der Waals surface area contributed by atoms with Crippen molar-refractivity contribution in [3.05, 3.63) is 52.3 Å². The fourth-order valence-corrected chi connectivity index (χ4v) is 1.79. The lowest BCUT2D eigenvalue weighted by Crippen LogP contribution is -2.10. The highest BCUT2D eigenvalue weighted by Gasteiger charge is 2.18. The highest BCUT2D eigenvalue weighted by Crippen LogP contribution is 2.27. The predicted molar refractivity (Wildman–Crippen MR) is 76.7 cm³/mol. The fourth-order valence-electron chi connectivity index (χ4n) is 1.79. The van der Waals surface area contributed by atoms with E-state index in [-0.39, 0.29) is 17.5 Å². The van der Waals surface area contributed by atoms with Gasteiger partial charge in [0.15, 0.2) is 0 Å². The number of nitrogens with one attached hydrogen (secondary N) is 2. The molecular formula is C13H15N5O2. The minimum atomic E-state index is -0.450. The Morgan fingerprint density at radius 1 is 1.25 bits per heavy atom. The summed E-state index contributed by atoms with van der Waals surface area (Å²) in [6.07, 6.45) is 3.36. The number of anilines is 2. The maximum atomic E-state index is 11.0. The van der Waals surface area contributed by atoms with E-state index in [1.54, 1.807) is 25.5 Å². The number of hydrogen-bond acceptors (Lipinski definition) is 6. The lowest BCUT2D eigenvalue weighted by molar-refractivity contribution is -0.384. The molecule has 0 spiro atoms. The van der Waals surface area contributed by atoms with Crippen molar-refractivity contribution in [1.29, 1.82) is 0 Å². The first-order chi connectivity index (χ1) is 9.61. The molecule has 2 heterocycles. The summed E-state index contributed by atoms with van der Waals surface area (Å²) >= 11 is 0. The molecular weight excluding hydrogens is 258 g/mol. The molecule has 1 unspecified atom stereocenters. The molecule has 20 heavy (non-hydrogen) atoms. The molecule has 104 valence electrons. The van der Waals surface area contributed by atoms with Crippen LogP contribution in [-0.4, -0.2) is 21.9 Å². The van der Waals surface area contributed by atoms with Gasteiger partial charge in [0.2, 0.25) is 5.82 Å². The Bertz CT molecular complexity index is 603. The third-order valence-corrected chi connectivity index (χ3v) is 2.89. The Morgan fingerprint density at radius 3 is 2.55 bits per heavy atom. The van der Waals surface area contributed by atoms with Gasteiger partial charge < -0.3 is 10.6 Å². The third kappa shape index (κ3) is 3.00. The Hall–Kier alpha value is -2.70. The molecule has 0 amide bonds. The molecule has 0 bridgehead atoms. The van der Waals surface area contributed by atoms with Gasteiger partial charge in [-0.3, -0.25) is 15.1 Å². The van der Waals surface area contributed by atoms with Gasteiger partial charge in [-0.15, -0.1) is 0 Å². The Labute approximate surface area is 116 Å². The summed E-state index contributed by atoms with van der Waals surface area (Å²) in [5, 5.41) is 17.0. The molecule has 1 atom stereocenters. The van der Waals surface area contributed by atoms with Crippen molar-refractivity contribution < 1.29 is 4.92 Å². The molecule has 0 aliphatic carbocycles. The van der Waals surface area contributed by atoms with Crippen molar-refractivity contribution in [3.63, 3.8) is 0 Å². The van der Waals surface area contributed by atoms with Crippen LogP contribution in [0.5, 0.6) is 0 Å². The van der Waals surface area contributed by atoms with Crippen LogP contribution in [-0.2, 0) is 0 Å². The molecule has 0 saturated heterocycles. The second-order valence-corrected chi connectivity index (χ2v) is 4.22. The zero-order valence-electron chi connectivity index (χ0n) is 11.2. The monoisotopic (exact) mass is 273 g/mol. The largest absolute Gasteiger partial charge is 0.373 e. The molecule has 0 aliphatic rings. The number of nitrogens with zero attached hydrogens (tertiary/aromatic N) is 3. The molecule has 0 fully saturated rings. The summed E-state index contributed by atoms with van der Waals surface area (Å²) in [6.45, 7) is 1.91. The van der Waals surface area contributed by atoms with Crippen LogP contribution >= 0.6 is 0 Å². The second-order valence-electron chi connectivity index (χ2n) is 4.22. The number of rotatable bonds is 5. The van der Waals surface area contributed by atoms with E-state index < -0.39 is 4.92 Å². The SMILES string of the molecule is CNc1ccc([N+](=O)[O-])c(NC(C)c2ccncc2)n1. The molecule has 0 saturated carbocycles. The first-order valence-corrected chi connectivity index (χ1v) is 6.11. The Morgan fingerprint density at radius 2 is 1.95 bits per heavy atom. The van der Waals surface area contributed by atoms with Crippen LogP contribution in [0.3, 0.4) is 0 Å². The summed E-state index contributed by atoms with van der Waals surface area (Å²) in [5.74, 6) is 0.811. The summed E-state index contributed by atoms with van der Waals surface area (Å²) in [7, 11) is 1.71. The second kappa shape index (κ2) is 5.96. The van der Waals surface area contributed by atoms with Crippen molar-refractivity contribution in [3.8, 4) is 0 Å². The van der Waals surface area contributed by atoms with Gasteiger partial charge >= 0.3 is 5.69 Å². The van der Waals surface area contributed by atoms with E-state index in [2.05, 4.69) is 20.6 Å². The zero-order valence-corrected chi connectivity index (χ0v) is 11.2. The molecule has 0 radical (unpaired) electrons. The minimum absolute atomic E-state index is 0.0510. The zero-order chi connectivity index (χ0) is 14.5. The van der Waals surface area contributed by atoms with Gasteiger partial charge in [0.1, 0.15) is 5.82 Å². The standard InChI is InChI=1S/C13H15N5O2/c1-9(10-5-7-15-8-6-10)16-13-11(18(19)20)3-4-12(14-2)17-13/h3-9H,1-2H3,(H2,14,16,17). The van der Waals surface area contributed by atoms with Gasteiger partial charge in [-0.05, 0) is 30.7 Å². The van der Waals surface area contributed by atoms with Gasteiger partial charge in [-0.25, -0.2) is 4.98 Å². The highest BCUT2D eigenvalue weighted by molar-refractivity contribution is 5.60. The van der Waals surface area contributed by atoms with Crippen LogP contribution in [0, 0.1) is 10.1 Å². The lowest BCUT2D eigenvalue weighted by atomic mass is 10.1. The van der Waals surface area contributed by atoms with Crippen molar-refractivity contribution >= 4 is 17.3 Å². The minimum Gasteiger partial charge on any atom is -0.373 e. The van der Waals surface area contributed by atoms with Crippen LogP contribution in [0.25, 0.3) is 0 Å². The number of hydrogen-bond donors (Lipinski definition) is 2. The van der Waals surface area contributed by atoms with Crippen molar-refractivity contribution in [1.82, 2.24) is 9.97 Å². The van der Waals surface area contributed by atoms with Gasteiger partial charge in [-0.2, -0.15) is 0 Å². The molecule has 2 N–H and O–H groups in total. The first-order valence-electron chi connectivity index (χ1n) is 6.11. The van der Waals surface area contributed by atoms with Gasteiger partial charge in [0.25, 0.3) is 0 Å². The number of pyridine rings is 2. The van der Waals surface area contributed by atoms with Crippen molar-refractivity contribution in [2.75, 3.05) is 17.7 Å². The van der Waals surface area contributed by atoms with Crippen LogP contribution in [0.4, 0.5) is 17.3 Å². The van der Waals surface area contributed by atoms with E-state index in [0.717, 1.165) is 5.56 Å². The Kier molecular flexibility index (Phi) is 4.09. The average Bonchev–Trinajstić information content (AvgIpc) is 2.47. The van der Waals surface area contributed by atoms with Crippen LogP contribution in [0.2, 0.25) is 0 Å². The summed E-state index contributed by atoms with van der Waals surface area (Å²) in [5.41, 5.74) is 0.927. The van der Waals surface area contributed by atoms with Crippen molar-refractivity contribution in [2.45, 2.75) is 13.0 Å². The molecule has 2 aromatic rings. The quantitative estimate of drug-likeness (QED) is 0.642. The maximum absolute atomic E-state index is 11.0. The third-order valence-electron chi connectivity index (χ3n) is 2.89. The number of nitro groups is 1. The molecule has 7 heteroatoms. The van der Waals surface area contributed by atoms with Crippen LogP contribution < -0.4 is 10.6 Å². The average molecular weight is 273 g/mol. The van der Waals surface area contributed by atoms with E-state index >= 15 is 0 Å². The van der Waals surface area contributed by atoms with Crippen LogP contribution in [0.15, 0.2) is 36.7 Å². The molecule has 2 rings (SSSR count). The summed E-state index contributed by atoms with van der Waals surface area (Å²) in [4.78, 5) is 18.7. The molecule has 7 nitrogen and oxygen atoms in total. The van der Waals surface area contributed by atoms with Gasteiger partial charge in [0.05, 0.1) is 11.0 Å². The fraction of sp³-hybridized carbons (Fsp3) is 0.231.